The van der Waals surface area contributed by atoms with Gasteiger partial charge in [-0.15, -0.1) is 5.10 Å². The zero-order chi connectivity index (χ0) is 18.6. The monoisotopic (exact) mass is 375 g/mol. The predicted molar refractivity (Wildman–Crippen MR) is 91.1 cm³/mol. The number of hydrogen-bond acceptors (Lipinski definition) is 7. The Hall–Kier alpha value is -2.94. The molecule has 0 saturated heterocycles. The third-order valence-electron chi connectivity index (χ3n) is 3.70. The predicted octanol–water partition coefficient (Wildman–Crippen LogP) is 2.17. The van der Waals surface area contributed by atoms with Crippen LogP contribution < -0.4 is 5.32 Å². The lowest BCUT2D eigenvalue weighted by Gasteiger charge is -2.14. The zero-order valence-electron chi connectivity index (χ0n) is 14.0. The van der Waals surface area contributed by atoms with Gasteiger partial charge in [0.05, 0.1) is 12.0 Å². The number of benzene rings is 1. The fraction of sp³-hybridized carbons (Fsp3) is 0.235. The Bertz CT molecular complexity index is 965. The average Bonchev–Trinajstić information content (AvgIpc) is 3.34. The Morgan fingerprint density at radius 3 is 2.58 bits per heavy atom. The first kappa shape index (κ1) is 17.9. The number of furan rings is 1. The summed E-state index contributed by atoms with van der Waals surface area (Å²) in [7, 11) is -3.63. The maximum atomic E-state index is 12.3. The summed E-state index contributed by atoms with van der Waals surface area (Å²) in [6, 6.07) is 11.8. The summed E-state index contributed by atoms with van der Waals surface area (Å²) in [6.07, 6.45) is 1.74. The van der Waals surface area contributed by atoms with E-state index in [1.807, 2.05) is 30.3 Å². The number of rotatable bonds is 7. The molecule has 0 aliphatic carbocycles. The summed E-state index contributed by atoms with van der Waals surface area (Å²) < 4.78 is 34.2. The second kappa shape index (κ2) is 7.52. The summed E-state index contributed by atoms with van der Waals surface area (Å²) in [4.78, 5) is 12.3. The highest BCUT2D eigenvalue weighted by Crippen LogP contribution is 2.20. The molecule has 2 heterocycles. The molecule has 1 amide bonds. The van der Waals surface area contributed by atoms with Crippen LogP contribution in [-0.2, 0) is 16.3 Å². The molecule has 0 aliphatic heterocycles. The van der Waals surface area contributed by atoms with Crippen LogP contribution in [0.3, 0.4) is 0 Å². The van der Waals surface area contributed by atoms with Crippen LogP contribution in [0.4, 0.5) is 0 Å². The van der Waals surface area contributed by atoms with Crippen LogP contribution in [0.2, 0.25) is 0 Å². The Kier molecular flexibility index (Phi) is 5.17. The van der Waals surface area contributed by atoms with E-state index >= 15 is 0 Å². The second-order valence-corrected chi connectivity index (χ2v) is 7.66. The molecule has 3 rings (SSSR count). The highest BCUT2D eigenvalue weighted by molar-refractivity contribution is 7.91. The minimum Gasteiger partial charge on any atom is -0.459 e. The lowest BCUT2D eigenvalue weighted by Crippen LogP contribution is -2.30. The van der Waals surface area contributed by atoms with E-state index in [1.54, 1.807) is 6.07 Å². The van der Waals surface area contributed by atoms with E-state index in [0.717, 1.165) is 5.56 Å². The first-order chi connectivity index (χ1) is 12.5. The van der Waals surface area contributed by atoms with Crippen molar-refractivity contribution in [1.29, 1.82) is 0 Å². The van der Waals surface area contributed by atoms with E-state index in [4.69, 9.17) is 8.83 Å². The van der Waals surface area contributed by atoms with Crippen molar-refractivity contribution in [2.75, 3.05) is 5.75 Å². The maximum absolute atomic E-state index is 12.3. The molecule has 136 valence electrons. The number of hydrogen-bond donors (Lipinski definition) is 1. The maximum Gasteiger partial charge on any atom is 0.335 e. The van der Waals surface area contributed by atoms with E-state index in [0.29, 0.717) is 6.42 Å². The van der Waals surface area contributed by atoms with Crippen molar-refractivity contribution in [3.63, 3.8) is 0 Å². The standard InChI is InChI=1S/C17H17N3O5S/c1-2-26(22,23)17-20-19-16(25-17)13(11-12-7-4-3-5-8-12)18-15(21)14-9-6-10-24-14/h3-10,13H,2,11H2,1H3,(H,18,21)/t13-/m0/s1. The molecular weight excluding hydrogens is 358 g/mol. The third kappa shape index (κ3) is 3.99. The average molecular weight is 375 g/mol. The SMILES string of the molecule is CCS(=O)(=O)c1nnc([C@H](Cc2ccccc2)NC(=O)c2ccco2)o1. The molecule has 1 aromatic carbocycles. The smallest absolute Gasteiger partial charge is 0.335 e. The van der Waals surface area contributed by atoms with Crippen molar-refractivity contribution in [2.45, 2.75) is 24.6 Å². The largest absolute Gasteiger partial charge is 0.459 e. The van der Waals surface area contributed by atoms with Crippen molar-refractivity contribution in [3.8, 4) is 0 Å². The molecule has 0 radical (unpaired) electrons. The summed E-state index contributed by atoms with van der Waals surface area (Å²) >= 11 is 0. The van der Waals surface area contributed by atoms with E-state index in [1.165, 1.54) is 19.3 Å². The number of aromatic nitrogens is 2. The molecule has 0 saturated carbocycles. The normalized spacial score (nSPS) is 12.7. The molecule has 0 aliphatic rings. The van der Waals surface area contributed by atoms with Crippen molar-refractivity contribution < 1.29 is 22.0 Å². The van der Waals surface area contributed by atoms with Gasteiger partial charge in [-0.1, -0.05) is 42.4 Å². The molecular formula is C17H17N3O5S. The molecule has 8 nitrogen and oxygen atoms in total. The fourth-order valence-electron chi connectivity index (χ4n) is 2.30. The van der Waals surface area contributed by atoms with Crippen molar-refractivity contribution >= 4 is 15.7 Å². The van der Waals surface area contributed by atoms with Gasteiger partial charge in [-0.05, 0) is 17.7 Å². The molecule has 1 atom stereocenters. The van der Waals surface area contributed by atoms with Gasteiger partial charge < -0.3 is 14.2 Å². The van der Waals surface area contributed by atoms with Crippen LogP contribution in [-0.4, -0.2) is 30.3 Å². The van der Waals surface area contributed by atoms with Gasteiger partial charge in [-0.2, -0.15) is 0 Å². The van der Waals surface area contributed by atoms with E-state index in [-0.39, 0.29) is 17.4 Å². The topological polar surface area (TPSA) is 115 Å². The Labute approximate surface area is 150 Å². The van der Waals surface area contributed by atoms with Gasteiger partial charge in [0.25, 0.3) is 5.91 Å². The third-order valence-corrected chi connectivity index (χ3v) is 5.16. The van der Waals surface area contributed by atoms with Crippen LogP contribution in [0.15, 0.2) is 62.8 Å². The zero-order valence-corrected chi connectivity index (χ0v) is 14.8. The number of sulfone groups is 1. The number of nitrogens with zero attached hydrogens (tertiary/aromatic N) is 2. The van der Waals surface area contributed by atoms with Crippen molar-refractivity contribution in [2.24, 2.45) is 0 Å². The van der Waals surface area contributed by atoms with Gasteiger partial charge >= 0.3 is 5.22 Å². The van der Waals surface area contributed by atoms with Crippen LogP contribution in [0.25, 0.3) is 0 Å². The number of carbonyl (C=O) groups excluding carboxylic acids is 1. The second-order valence-electron chi connectivity index (χ2n) is 5.50. The quantitative estimate of drug-likeness (QED) is 0.673. The molecule has 0 bridgehead atoms. The van der Waals surface area contributed by atoms with E-state index in [2.05, 4.69) is 15.5 Å². The van der Waals surface area contributed by atoms with Crippen LogP contribution in [0, 0.1) is 0 Å². The molecule has 9 heteroatoms. The van der Waals surface area contributed by atoms with Gasteiger partial charge in [-0.25, -0.2) is 8.42 Å². The molecule has 2 aromatic heterocycles. The van der Waals surface area contributed by atoms with Gasteiger partial charge in [-0.3, -0.25) is 4.79 Å². The van der Waals surface area contributed by atoms with Gasteiger partial charge in [0.1, 0.15) is 6.04 Å². The summed E-state index contributed by atoms with van der Waals surface area (Å²) in [5.41, 5.74) is 0.912. The van der Waals surface area contributed by atoms with Crippen LogP contribution in [0.5, 0.6) is 0 Å². The fourth-order valence-corrected chi connectivity index (χ4v) is 2.92. The summed E-state index contributed by atoms with van der Waals surface area (Å²) in [5.74, 6) is -0.477. The van der Waals surface area contributed by atoms with Gasteiger partial charge in [0.2, 0.25) is 15.7 Å². The minimum absolute atomic E-state index is 0.0146. The van der Waals surface area contributed by atoms with Gasteiger partial charge in [0.15, 0.2) is 5.76 Å². The van der Waals surface area contributed by atoms with Crippen molar-refractivity contribution in [1.82, 2.24) is 15.5 Å². The Balaban J connectivity index is 1.88. The first-order valence-corrected chi connectivity index (χ1v) is 9.59. The molecule has 0 spiro atoms. The minimum atomic E-state index is -3.63. The van der Waals surface area contributed by atoms with E-state index in [9.17, 15) is 13.2 Å². The Morgan fingerprint density at radius 2 is 1.92 bits per heavy atom. The lowest BCUT2D eigenvalue weighted by atomic mass is 10.1. The lowest BCUT2D eigenvalue weighted by molar-refractivity contribution is 0.0901. The van der Waals surface area contributed by atoms with Crippen LogP contribution >= 0.6 is 0 Å². The number of carbonyl (C=O) groups is 1. The van der Waals surface area contributed by atoms with Gasteiger partial charge in [0, 0.05) is 6.42 Å². The summed E-state index contributed by atoms with van der Waals surface area (Å²) in [6.45, 7) is 1.49. The molecule has 0 unspecified atom stereocenters. The van der Waals surface area contributed by atoms with E-state index < -0.39 is 27.0 Å². The molecule has 26 heavy (non-hydrogen) atoms. The highest BCUT2D eigenvalue weighted by atomic mass is 32.2. The summed E-state index contributed by atoms with van der Waals surface area (Å²) in [5, 5.41) is 9.72. The number of nitrogens with one attached hydrogen (secondary N) is 1. The van der Waals surface area contributed by atoms with Crippen LogP contribution in [0.1, 0.15) is 35.0 Å². The first-order valence-electron chi connectivity index (χ1n) is 7.94. The molecule has 3 aromatic rings. The number of amides is 1. The molecule has 1 N–H and O–H groups in total. The Morgan fingerprint density at radius 1 is 1.15 bits per heavy atom. The van der Waals surface area contributed by atoms with Crippen molar-refractivity contribution in [3.05, 3.63) is 65.9 Å². The highest BCUT2D eigenvalue weighted by Gasteiger charge is 2.26. The molecule has 0 fully saturated rings.